The van der Waals surface area contributed by atoms with E-state index in [4.69, 9.17) is 5.73 Å². The summed E-state index contributed by atoms with van der Waals surface area (Å²) in [4.78, 5) is 6.78. The van der Waals surface area contributed by atoms with E-state index in [2.05, 4.69) is 14.7 Å². The van der Waals surface area contributed by atoms with Crippen LogP contribution in [0.3, 0.4) is 0 Å². The molecule has 0 saturated heterocycles. The number of imidazole rings is 1. The van der Waals surface area contributed by atoms with Crippen molar-refractivity contribution in [1.82, 2.24) is 9.97 Å². The van der Waals surface area contributed by atoms with E-state index in [1.54, 1.807) is 18.2 Å². The lowest BCUT2D eigenvalue weighted by Gasteiger charge is -2.05. The summed E-state index contributed by atoms with van der Waals surface area (Å²) in [6.07, 6.45) is -4.72. The summed E-state index contributed by atoms with van der Waals surface area (Å²) in [6, 6.07) is 4.87. The Kier molecular flexibility index (Phi) is 3.76. The number of nitrogens with two attached hydrogens (primary N) is 1. The maximum absolute atomic E-state index is 11.8. The van der Waals surface area contributed by atoms with Gasteiger partial charge in [0.05, 0.1) is 34.2 Å². The normalized spacial score (nSPS) is 13.8. The lowest BCUT2D eigenvalue weighted by molar-refractivity contribution is -0.322. The number of nitrogens with one attached hydrogen (secondary N) is 1. The summed E-state index contributed by atoms with van der Waals surface area (Å²) in [7, 11) is -1.69. The summed E-state index contributed by atoms with van der Waals surface area (Å²) < 4.78 is 50.6. The molecule has 0 spiro atoms. The van der Waals surface area contributed by atoms with Crippen LogP contribution in [0.15, 0.2) is 23.4 Å². The Morgan fingerprint density at radius 2 is 2.16 bits per heavy atom. The first kappa shape index (κ1) is 13.8. The minimum atomic E-state index is -4.72. The molecular weight excluding hydrogens is 283 g/mol. The van der Waals surface area contributed by atoms with E-state index in [1.807, 2.05) is 0 Å². The fraction of sp³-hybridized carbons (Fsp3) is 0.300. The van der Waals surface area contributed by atoms with Crippen LogP contribution in [0.2, 0.25) is 0 Å². The first-order chi connectivity index (χ1) is 8.85. The van der Waals surface area contributed by atoms with E-state index in [1.165, 1.54) is 0 Å². The number of H-pyrrole nitrogens is 1. The molecule has 0 amide bonds. The number of hydrogen-bond donors (Lipinski definition) is 2. The average molecular weight is 293 g/mol. The molecule has 1 unspecified atom stereocenters. The number of rotatable bonds is 4. The molecule has 0 fully saturated rings. The molecule has 1 aromatic heterocycles. The number of halogens is 3. The number of aromatic amines is 1. The number of ether oxygens (including phenoxy) is 1. The van der Waals surface area contributed by atoms with Gasteiger partial charge in [-0.1, -0.05) is 0 Å². The van der Waals surface area contributed by atoms with Gasteiger partial charge < -0.3 is 10.7 Å². The zero-order chi connectivity index (χ0) is 14.0. The van der Waals surface area contributed by atoms with Crippen molar-refractivity contribution in [3.63, 3.8) is 0 Å². The molecule has 0 bridgehead atoms. The summed E-state index contributed by atoms with van der Waals surface area (Å²) in [5, 5.41) is 0.103. The van der Waals surface area contributed by atoms with Crippen LogP contribution in [0.25, 0.3) is 11.0 Å². The molecule has 0 aliphatic carbocycles. The highest BCUT2D eigenvalue weighted by molar-refractivity contribution is 7.84. The zero-order valence-electron chi connectivity index (χ0n) is 9.53. The van der Waals surface area contributed by atoms with Gasteiger partial charge in [-0.05, 0) is 18.2 Å². The first-order valence-corrected chi connectivity index (χ1v) is 6.51. The molecule has 19 heavy (non-hydrogen) atoms. The fourth-order valence-corrected chi connectivity index (χ4v) is 2.29. The number of benzene rings is 1. The second-order valence-electron chi connectivity index (χ2n) is 3.66. The van der Waals surface area contributed by atoms with Gasteiger partial charge >= 0.3 is 6.36 Å². The standard InChI is InChI=1S/C10H10F3N3O2S/c11-10(12,13)18-3-4-19(17)9-15-7-2-1-6(14)5-8(7)16-9/h1-2,5H,3-4,14H2,(H,15,16). The number of anilines is 1. The zero-order valence-corrected chi connectivity index (χ0v) is 10.3. The molecule has 2 aromatic rings. The molecule has 0 aliphatic heterocycles. The van der Waals surface area contributed by atoms with Gasteiger partial charge in [-0.25, -0.2) is 4.98 Å². The van der Waals surface area contributed by atoms with Gasteiger partial charge in [0.2, 0.25) is 0 Å². The van der Waals surface area contributed by atoms with Crippen LogP contribution in [0.5, 0.6) is 0 Å². The SMILES string of the molecule is Nc1ccc2nc(S(=O)CCOC(F)(F)F)[nH]c2c1. The van der Waals surface area contributed by atoms with E-state index >= 15 is 0 Å². The Morgan fingerprint density at radius 1 is 1.42 bits per heavy atom. The van der Waals surface area contributed by atoms with Crippen molar-refractivity contribution in [1.29, 1.82) is 0 Å². The summed E-state index contributed by atoms with van der Waals surface area (Å²) in [5.41, 5.74) is 7.21. The fourth-order valence-electron chi connectivity index (χ4n) is 1.44. The molecule has 0 radical (unpaired) electrons. The minimum absolute atomic E-state index is 0.103. The smallest absolute Gasteiger partial charge is 0.399 e. The molecular formula is C10H10F3N3O2S. The lowest BCUT2D eigenvalue weighted by atomic mass is 10.3. The van der Waals surface area contributed by atoms with E-state index in [0.717, 1.165) is 0 Å². The Morgan fingerprint density at radius 3 is 2.84 bits per heavy atom. The van der Waals surface area contributed by atoms with Gasteiger partial charge in [0.15, 0.2) is 5.16 Å². The number of hydrogen-bond acceptors (Lipinski definition) is 4. The van der Waals surface area contributed by atoms with Crippen LogP contribution in [0, 0.1) is 0 Å². The number of nitrogens with zero attached hydrogens (tertiary/aromatic N) is 1. The van der Waals surface area contributed by atoms with E-state index in [9.17, 15) is 17.4 Å². The van der Waals surface area contributed by atoms with Crippen LogP contribution >= 0.6 is 0 Å². The van der Waals surface area contributed by atoms with Gasteiger partial charge in [-0.15, -0.1) is 13.2 Å². The van der Waals surface area contributed by atoms with Crippen molar-refractivity contribution in [3.05, 3.63) is 18.2 Å². The average Bonchev–Trinajstić information content (AvgIpc) is 2.70. The number of aromatic nitrogens is 2. The third kappa shape index (κ3) is 3.67. The Balaban J connectivity index is 2.05. The molecule has 1 aromatic carbocycles. The molecule has 1 heterocycles. The van der Waals surface area contributed by atoms with Crippen LogP contribution in [0.4, 0.5) is 18.9 Å². The monoisotopic (exact) mass is 293 g/mol. The van der Waals surface area contributed by atoms with Gasteiger partial charge in [-0.3, -0.25) is 8.95 Å². The Hall–Kier alpha value is -1.61. The molecule has 3 N–H and O–H groups in total. The highest BCUT2D eigenvalue weighted by atomic mass is 32.2. The maximum Gasteiger partial charge on any atom is 0.522 e. The van der Waals surface area contributed by atoms with Gasteiger partial charge in [-0.2, -0.15) is 0 Å². The molecule has 0 saturated carbocycles. The predicted molar refractivity (Wildman–Crippen MR) is 63.8 cm³/mol. The molecule has 1 atom stereocenters. The van der Waals surface area contributed by atoms with Crippen LogP contribution in [0.1, 0.15) is 0 Å². The molecule has 0 aliphatic rings. The second-order valence-corrected chi connectivity index (χ2v) is 5.15. The molecule has 104 valence electrons. The van der Waals surface area contributed by atoms with Crippen LogP contribution in [-0.4, -0.2) is 32.9 Å². The third-order valence-corrected chi connectivity index (χ3v) is 3.40. The lowest BCUT2D eigenvalue weighted by Crippen LogP contribution is -2.18. The van der Waals surface area contributed by atoms with Crippen molar-refractivity contribution in [3.8, 4) is 0 Å². The molecule has 9 heteroatoms. The van der Waals surface area contributed by atoms with Crippen molar-refractivity contribution < 1.29 is 22.1 Å². The quantitative estimate of drug-likeness (QED) is 0.842. The van der Waals surface area contributed by atoms with E-state index < -0.39 is 23.8 Å². The highest BCUT2D eigenvalue weighted by Crippen LogP contribution is 2.18. The largest absolute Gasteiger partial charge is 0.522 e. The minimum Gasteiger partial charge on any atom is -0.399 e. The first-order valence-electron chi connectivity index (χ1n) is 5.19. The van der Waals surface area contributed by atoms with Crippen LogP contribution < -0.4 is 5.73 Å². The highest BCUT2D eigenvalue weighted by Gasteiger charge is 2.29. The molecule has 2 rings (SSSR count). The predicted octanol–water partition coefficient (Wildman–Crippen LogP) is 1.79. The topological polar surface area (TPSA) is 81.0 Å². The van der Waals surface area contributed by atoms with Crippen molar-refractivity contribution in [2.75, 3.05) is 18.1 Å². The van der Waals surface area contributed by atoms with Gasteiger partial charge in [0.25, 0.3) is 0 Å². The molecule has 5 nitrogen and oxygen atoms in total. The second kappa shape index (κ2) is 5.17. The van der Waals surface area contributed by atoms with Crippen molar-refractivity contribution >= 4 is 27.5 Å². The number of nitrogen functional groups attached to an aromatic ring is 1. The maximum atomic E-state index is 11.8. The number of alkyl halides is 3. The van der Waals surface area contributed by atoms with Crippen LogP contribution in [-0.2, 0) is 15.5 Å². The summed E-state index contributed by atoms with van der Waals surface area (Å²) >= 11 is 0. The van der Waals surface area contributed by atoms with Crippen molar-refractivity contribution in [2.24, 2.45) is 0 Å². The van der Waals surface area contributed by atoms with Gasteiger partial charge in [0.1, 0.15) is 0 Å². The van der Waals surface area contributed by atoms with E-state index in [0.29, 0.717) is 16.7 Å². The van der Waals surface area contributed by atoms with E-state index in [-0.39, 0.29) is 10.9 Å². The third-order valence-electron chi connectivity index (χ3n) is 2.23. The van der Waals surface area contributed by atoms with Gasteiger partial charge in [0, 0.05) is 5.69 Å². The summed E-state index contributed by atoms with van der Waals surface area (Å²) in [5.74, 6) is -0.297. The Labute approximate surface area is 108 Å². The Bertz CT molecular complexity index is 612. The summed E-state index contributed by atoms with van der Waals surface area (Å²) in [6.45, 7) is -0.685. The number of fused-ring (bicyclic) bond motifs is 1. The van der Waals surface area contributed by atoms with Crippen molar-refractivity contribution in [2.45, 2.75) is 11.5 Å².